The van der Waals surface area contributed by atoms with Gasteiger partial charge < -0.3 is 10.1 Å². The van der Waals surface area contributed by atoms with Crippen molar-refractivity contribution >= 4 is 23.7 Å². The Hall–Kier alpha value is -1.81. The fourth-order valence-corrected chi connectivity index (χ4v) is 3.58. The summed E-state index contributed by atoms with van der Waals surface area (Å²) in [5.41, 5.74) is -0.318. The SMILES string of the molecule is C[C@@H](Sc1n[nH]c(=O)n1C[C@@H]1CCCO1)C(=O)N1CCNC1=O. The van der Waals surface area contributed by atoms with E-state index in [4.69, 9.17) is 4.74 Å². The van der Waals surface area contributed by atoms with Crippen molar-refractivity contribution in [2.45, 2.75) is 42.8 Å². The van der Waals surface area contributed by atoms with Crippen molar-refractivity contribution < 1.29 is 14.3 Å². The number of aromatic amines is 1. The van der Waals surface area contributed by atoms with Crippen molar-refractivity contribution in [2.24, 2.45) is 0 Å². The molecule has 2 fully saturated rings. The smallest absolute Gasteiger partial charge is 0.344 e. The van der Waals surface area contributed by atoms with E-state index in [-0.39, 0.29) is 23.7 Å². The third kappa shape index (κ3) is 3.42. The summed E-state index contributed by atoms with van der Waals surface area (Å²) in [7, 11) is 0. The van der Waals surface area contributed by atoms with Crippen LogP contribution < -0.4 is 11.0 Å². The van der Waals surface area contributed by atoms with Crippen LogP contribution >= 0.6 is 11.8 Å². The zero-order chi connectivity index (χ0) is 16.4. The van der Waals surface area contributed by atoms with Gasteiger partial charge >= 0.3 is 11.7 Å². The van der Waals surface area contributed by atoms with Crippen LogP contribution in [0.1, 0.15) is 19.8 Å². The lowest BCUT2D eigenvalue weighted by Gasteiger charge is -2.17. The number of amides is 3. The Labute approximate surface area is 136 Å². The average Bonchev–Trinajstić information content (AvgIpc) is 3.25. The first-order valence-electron chi connectivity index (χ1n) is 7.59. The van der Waals surface area contributed by atoms with Crippen molar-refractivity contribution in [3.8, 4) is 0 Å². The third-order valence-electron chi connectivity index (χ3n) is 3.89. The lowest BCUT2D eigenvalue weighted by Crippen LogP contribution is -2.39. The molecule has 0 radical (unpaired) electrons. The maximum Gasteiger partial charge on any atom is 0.344 e. The van der Waals surface area contributed by atoms with Crippen LogP contribution in [0.2, 0.25) is 0 Å². The number of rotatable bonds is 5. The van der Waals surface area contributed by atoms with E-state index in [0.717, 1.165) is 12.8 Å². The summed E-state index contributed by atoms with van der Waals surface area (Å²) in [5, 5.41) is 8.91. The quantitative estimate of drug-likeness (QED) is 0.717. The number of carbonyl (C=O) groups excluding carboxylic acids is 2. The van der Waals surface area contributed by atoms with E-state index in [0.29, 0.717) is 31.4 Å². The van der Waals surface area contributed by atoms with Crippen LogP contribution in [0, 0.1) is 0 Å². The van der Waals surface area contributed by atoms with E-state index in [9.17, 15) is 14.4 Å². The molecule has 3 heterocycles. The first-order chi connectivity index (χ1) is 11.1. The fourth-order valence-electron chi connectivity index (χ4n) is 2.66. The number of hydrogen-bond donors (Lipinski definition) is 2. The van der Waals surface area contributed by atoms with E-state index in [1.165, 1.54) is 21.2 Å². The summed E-state index contributed by atoms with van der Waals surface area (Å²) < 4.78 is 7.04. The Morgan fingerprint density at radius 1 is 1.52 bits per heavy atom. The first-order valence-corrected chi connectivity index (χ1v) is 8.47. The van der Waals surface area contributed by atoms with Crippen molar-refractivity contribution in [3.63, 3.8) is 0 Å². The lowest BCUT2D eigenvalue weighted by molar-refractivity contribution is -0.126. The normalized spacial score (nSPS) is 22.4. The standard InChI is InChI=1S/C13H19N5O4S/c1-8(10(19)17-5-4-14-11(17)20)23-13-16-15-12(21)18(13)7-9-3-2-6-22-9/h8-9H,2-7H2,1H3,(H,14,20)(H,15,21)/t8-,9+/m1/s1. The number of nitrogens with zero attached hydrogens (tertiary/aromatic N) is 3. The molecule has 2 atom stereocenters. The number of thioether (sulfide) groups is 1. The Balaban J connectivity index is 1.68. The largest absolute Gasteiger partial charge is 0.376 e. The Kier molecular flexibility index (Phi) is 4.71. The molecule has 0 saturated carbocycles. The molecule has 23 heavy (non-hydrogen) atoms. The van der Waals surface area contributed by atoms with Gasteiger partial charge in [-0.1, -0.05) is 11.8 Å². The van der Waals surface area contributed by atoms with Gasteiger partial charge in [-0.3, -0.25) is 14.3 Å². The van der Waals surface area contributed by atoms with E-state index < -0.39 is 5.25 Å². The molecule has 9 nitrogen and oxygen atoms in total. The number of urea groups is 1. The molecule has 1 aromatic rings. The molecule has 2 N–H and O–H groups in total. The molecule has 0 aliphatic carbocycles. The van der Waals surface area contributed by atoms with Gasteiger partial charge in [-0.25, -0.2) is 14.7 Å². The number of carbonyl (C=O) groups is 2. The molecule has 2 saturated heterocycles. The zero-order valence-corrected chi connectivity index (χ0v) is 13.6. The monoisotopic (exact) mass is 341 g/mol. The topological polar surface area (TPSA) is 109 Å². The number of aromatic nitrogens is 3. The fraction of sp³-hybridized carbons (Fsp3) is 0.692. The molecule has 2 aliphatic heterocycles. The highest BCUT2D eigenvalue weighted by Crippen LogP contribution is 2.23. The first kappa shape index (κ1) is 16.1. The van der Waals surface area contributed by atoms with Gasteiger partial charge in [0.2, 0.25) is 5.91 Å². The van der Waals surface area contributed by atoms with E-state index in [1.807, 2.05) is 0 Å². The minimum absolute atomic E-state index is 0.0000162. The molecule has 3 rings (SSSR count). The summed E-state index contributed by atoms with van der Waals surface area (Å²) in [4.78, 5) is 37.0. The van der Waals surface area contributed by atoms with Gasteiger partial charge in [-0.15, -0.1) is 5.10 Å². The number of hydrogen-bond acceptors (Lipinski definition) is 6. The maximum absolute atomic E-state index is 12.3. The van der Waals surface area contributed by atoms with Gasteiger partial charge in [-0.2, -0.15) is 0 Å². The minimum atomic E-state index is -0.516. The summed E-state index contributed by atoms with van der Waals surface area (Å²) in [6.07, 6.45) is 1.89. The second-order valence-corrected chi connectivity index (χ2v) is 6.85. The van der Waals surface area contributed by atoms with Crippen molar-refractivity contribution in [3.05, 3.63) is 10.5 Å². The molecule has 2 aliphatic rings. The number of nitrogens with one attached hydrogen (secondary N) is 2. The predicted octanol–water partition coefficient (Wildman–Crippen LogP) is -0.217. The van der Waals surface area contributed by atoms with Gasteiger partial charge in [0.1, 0.15) is 0 Å². The zero-order valence-electron chi connectivity index (χ0n) is 12.8. The van der Waals surface area contributed by atoms with E-state index in [1.54, 1.807) is 6.92 Å². The van der Waals surface area contributed by atoms with Gasteiger partial charge in [0.25, 0.3) is 0 Å². The highest BCUT2D eigenvalue weighted by Gasteiger charge is 2.31. The van der Waals surface area contributed by atoms with Crippen molar-refractivity contribution in [2.75, 3.05) is 19.7 Å². The molecular weight excluding hydrogens is 322 g/mol. The average molecular weight is 341 g/mol. The second-order valence-electron chi connectivity index (χ2n) is 5.54. The van der Waals surface area contributed by atoms with Crippen LogP contribution in [0.15, 0.2) is 9.95 Å². The van der Waals surface area contributed by atoms with Crippen LogP contribution in [-0.2, 0) is 16.1 Å². The molecule has 0 bridgehead atoms. The molecule has 0 aromatic carbocycles. The molecular formula is C13H19N5O4S. The Bertz CT molecular complexity index is 651. The third-order valence-corrected chi connectivity index (χ3v) is 4.96. The minimum Gasteiger partial charge on any atom is -0.376 e. The molecule has 0 unspecified atom stereocenters. The molecule has 10 heteroatoms. The summed E-state index contributed by atoms with van der Waals surface area (Å²) >= 11 is 1.17. The Morgan fingerprint density at radius 3 is 3.00 bits per heavy atom. The lowest BCUT2D eigenvalue weighted by atomic mass is 10.2. The molecule has 0 spiro atoms. The van der Waals surface area contributed by atoms with Crippen LogP contribution in [-0.4, -0.2) is 62.7 Å². The van der Waals surface area contributed by atoms with Crippen LogP contribution in [0.4, 0.5) is 4.79 Å². The van der Waals surface area contributed by atoms with Crippen LogP contribution in [0.5, 0.6) is 0 Å². The maximum atomic E-state index is 12.3. The summed E-state index contributed by atoms with van der Waals surface area (Å²) in [5.74, 6) is -0.288. The number of ether oxygens (including phenoxy) is 1. The highest BCUT2D eigenvalue weighted by atomic mass is 32.2. The van der Waals surface area contributed by atoms with E-state index in [2.05, 4.69) is 15.5 Å². The number of H-pyrrole nitrogens is 1. The van der Waals surface area contributed by atoms with Gasteiger partial charge in [0.15, 0.2) is 5.16 Å². The van der Waals surface area contributed by atoms with Gasteiger partial charge in [0.05, 0.1) is 17.9 Å². The van der Waals surface area contributed by atoms with Gasteiger partial charge in [-0.05, 0) is 19.8 Å². The molecule has 3 amide bonds. The van der Waals surface area contributed by atoms with Crippen LogP contribution in [0.25, 0.3) is 0 Å². The van der Waals surface area contributed by atoms with Crippen molar-refractivity contribution in [1.82, 2.24) is 25.0 Å². The van der Waals surface area contributed by atoms with Crippen LogP contribution in [0.3, 0.4) is 0 Å². The molecule has 1 aromatic heterocycles. The highest BCUT2D eigenvalue weighted by molar-refractivity contribution is 8.00. The molecule has 126 valence electrons. The van der Waals surface area contributed by atoms with E-state index >= 15 is 0 Å². The summed E-state index contributed by atoms with van der Waals surface area (Å²) in [6.45, 7) is 3.66. The van der Waals surface area contributed by atoms with Gasteiger partial charge in [0, 0.05) is 19.7 Å². The van der Waals surface area contributed by atoms with Crippen molar-refractivity contribution in [1.29, 1.82) is 0 Å². The predicted molar refractivity (Wildman–Crippen MR) is 82.3 cm³/mol. The number of imide groups is 1. The summed E-state index contributed by atoms with van der Waals surface area (Å²) in [6, 6.07) is -0.374. The Morgan fingerprint density at radius 2 is 2.35 bits per heavy atom. The second kappa shape index (κ2) is 6.75.